The van der Waals surface area contributed by atoms with Crippen molar-refractivity contribution in [1.82, 2.24) is 0 Å². The largest absolute Gasteiger partial charge is 0.489 e. The molecule has 17 heavy (non-hydrogen) atoms. The Morgan fingerprint density at radius 3 is 2.35 bits per heavy atom. The number of carbonyl (C=O) groups is 2. The molecule has 0 aromatic heterocycles. The third kappa shape index (κ3) is 1.22. The topological polar surface area (TPSA) is 43.4 Å². The molecular weight excluding hydrogens is 216 g/mol. The van der Waals surface area contributed by atoms with Crippen LogP contribution in [0.25, 0.3) is 5.76 Å². The number of rotatable bonds is 0. The molecule has 0 bridgehead atoms. The quantitative estimate of drug-likeness (QED) is 0.639. The zero-order valence-electron chi connectivity index (χ0n) is 9.69. The second-order valence-electron chi connectivity index (χ2n) is 4.56. The van der Waals surface area contributed by atoms with Crippen LogP contribution in [0, 0.1) is 5.92 Å². The Bertz CT molecular complexity index is 569. The van der Waals surface area contributed by atoms with E-state index in [0.717, 1.165) is 5.56 Å². The van der Waals surface area contributed by atoms with E-state index >= 15 is 0 Å². The van der Waals surface area contributed by atoms with Gasteiger partial charge in [-0.2, -0.15) is 0 Å². The smallest absolute Gasteiger partial charge is 0.234 e. The minimum atomic E-state index is -0.413. The second-order valence-corrected chi connectivity index (χ2v) is 4.56. The Morgan fingerprint density at radius 2 is 1.65 bits per heavy atom. The van der Waals surface area contributed by atoms with Crippen LogP contribution in [0.15, 0.2) is 29.8 Å². The van der Waals surface area contributed by atoms with Gasteiger partial charge in [-0.05, 0) is 6.92 Å². The highest BCUT2D eigenvalue weighted by Crippen LogP contribution is 2.41. The molecule has 3 nitrogen and oxygen atoms in total. The third-order valence-electron chi connectivity index (χ3n) is 3.58. The van der Waals surface area contributed by atoms with Gasteiger partial charge in [0.25, 0.3) is 0 Å². The van der Waals surface area contributed by atoms with Crippen molar-refractivity contribution in [2.45, 2.75) is 20.0 Å². The number of hydrogen-bond acceptors (Lipinski definition) is 3. The van der Waals surface area contributed by atoms with Crippen LogP contribution < -0.4 is 0 Å². The van der Waals surface area contributed by atoms with Gasteiger partial charge in [0.15, 0.2) is 0 Å². The SMILES string of the molecule is C[C@H]1OC2=C(C(=O)C(=O)c3ccccc32)[C@@H]1C. The molecule has 1 aromatic rings. The number of fused-ring (bicyclic) bond motifs is 2. The van der Waals surface area contributed by atoms with E-state index in [1.807, 2.05) is 26.0 Å². The van der Waals surface area contributed by atoms with Gasteiger partial charge in [-0.25, -0.2) is 0 Å². The van der Waals surface area contributed by atoms with Crippen LogP contribution >= 0.6 is 0 Å². The van der Waals surface area contributed by atoms with Crippen LogP contribution in [-0.2, 0) is 9.53 Å². The van der Waals surface area contributed by atoms with Crippen molar-refractivity contribution in [1.29, 1.82) is 0 Å². The van der Waals surface area contributed by atoms with Crippen LogP contribution in [0.3, 0.4) is 0 Å². The highest BCUT2D eigenvalue weighted by atomic mass is 16.5. The fourth-order valence-electron chi connectivity index (χ4n) is 2.44. The predicted molar refractivity (Wildman–Crippen MR) is 62.4 cm³/mol. The zero-order chi connectivity index (χ0) is 12.2. The van der Waals surface area contributed by atoms with Crippen molar-refractivity contribution >= 4 is 17.3 Å². The normalized spacial score (nSPS) is 26.7. The third-order valence-corrected chi connectivity index (χ3v) is 3.58. The van der Waals surface area contributed by atoms with Crippen LogP contribution in [0.4, 0.5) is 0 Å². The molecule has 0 fully saturated rings. The Morgan fingerprint density at radius 1 is 1.00 bits per heavy atom. The number of Topliss-reactive ketones (excluding diaryl/α,β-unsaturated/α-hetero) is 2. The number of carbonyl (C=O) groups excluding carboxylic acids is 2. The van der Waals surface area contributed by atoms with Crippen LogP contribution in [0.5, 0.6) is 0 Å². The first-order chi connectivity index (χ1) is 8.11. The minimum absolute atomic E-state index is 0.0187. The summed E-state index contributed by atoms with van der Waals surface area (Å²) >= 11 is 0. The molecule has 1 aliphatic carbocycles. The van der Waals surface area contributed by atoms with E-state index in [9.17, 15) is 9.59 Å². The second kappa shape index (κ2) is 3.29. The van der Waals surface area contributed by atoms with Crippen molar-refractivity contribution in [2.24, 2.45) is 5.92 Å². The molecule has 0 amide bonds. The first kappa shape index (κ1) is 10.3. The molecule has 3 heteroatoms. The lowest BCUT2D eigenvalue weighted by Gasteiger charge is -2.15. The van der Waals surface area contributed by atoms with E-state index in [1.165, 1.54) is 0 Å². The van der Waals surface area contributed by atoms with E-state index in [0.29, 0.717) is 16.9 Å². The first-order valence-corrected chi connectivity index (χ1v) is 5.70. The molecule has 3 rings (SSSR count). The Balaban J connectivity index is 2.28. The molecule has 0 saturated heterocycles. The van der Waals surface area contributed by atoms with Crippen LogP contribution in [0.1, 0.15) is 29.8 Å². The highest BCUT2D eigenvalue weighted by Gasteiger charge is 2.42. The lowest BCUT2D eigenvalue weighted by Crippen LogP contribution is -2.25. The van der Waals surface area contributed by atoms with Gasteiger partial charge in [0.2, 0.25) is 11.6 Å². The van der Waals surface area contributed by atoms with Gasteiger partial charge in [0, 0.05) is 17.0 Å². The van der Waals surface area contributed by atoms with E-state index < -0.39 is 11.6 Å². The standard InChI is InChI=1S/C14H12O3/c1-7-8(2)17-14-10-6-4-3-5-9(10)12(15)13(16)11(7)14/h3-8H,1-2H3/t7-,8-/m1/s1. The van der Waals surface area contributed by atoms with Gasteiger partial charge in [0.05, 0.1) is 5.57 Å². The average Bonchev–Trinajstić information content (AvgIpc) is 2.63. The van der Waals surface area contributed by atoms with Gasteiger partial charge in [0.1, 0.15) is 11.9 Å². The summed E-state index contributed by atoms with van der Waals surface area (Å²) in [4.78, 5) is 24.0. The van der Waals surface area contributed by atoms with E-state index in [2.05, 4.69) is 0 Å². The number of benzene rings is 1. The summed E-state index contributed by atoms with van der Waals surface area (Å²) in [6, 6.07) is 7.12. The number of ketones is 2. The van der Waals surface area contributed by atoms with Crippen molar-refractivity contribution in [3.8, 4) is 0 Å². The summed E-state index contributed by atoms with van der Waals surface area (Å²) in [5.41, 5.74) is 1.75. The summed E-state index contributed by atoms with van der Waals surface area (Å²) in [5, 5.41) is 0. The summed E-state index contributed by atoms with van der Waals surface area (Å²) in [7, 11) is 0. The Labute approximate surface area is 99.1 Å². The molecular formula is C14H12O3. The molecule has 0 saturated carbocycles. The maximum atomic E-state index is 12.0. The molecule has 2 atom stereocenters. The number of ether oxygens (including phenoxy) is 1. The van der Waals surface area contributed by atoms with Gasteiger partial charge < -0.3 is 4.74 Å². The van der Waals surface area contributed by atoms with Gasteiger partial charge in [-0.3, -0.25) is 9.59 Å². The Kier molecular flexibility index (Phi) is 1.99. The van der Waals surface area contributed by atoms with Crippen LogP contribution in [0.2, 0.25) is 0 Å². The van der Waals surface area contributed by atoms with Crippen molar-refractivity contribution in [3.05, 3.63) is 41.0 Å². The summed E-state index contributed by atoms with van der Waals surface area (Å²) in [6.07, 6.45) is -0.0529. The fourth-order valence-corrected chi connectivity index (χ4v) is 2.44. The summed E-state index contributed by atoms with van der Waals surface area (Å²) < 4.78 is 5.73. The van der Waals surface area contributed by atoms with Gasteiger partial charge in [-0.15, -0.1) is 0 Å². The molecule has 1 aliphatic heterocycles. The highest BCUT2D eigenvalue weighted by molar-refractivity contribution is 6.52. The maximum Gasteiger partial charge on any atom is 0.234 e. The monoisotopic (exact) mass is 228 g/mol. The molecule has 0 spiro atoms. The zero-order valence-corrected chi connectivity index (χ0v) is 9.69. The van der Waals surface area contributed by atoms with E-state index in [-0.39, 0.29) is 12.0 Å². The first-order valence-electron chi connectivity index (χ1n) is 5.70. The van der Waals surface area contributed by atoms with Crippen molar-refractivity contribution in [3.63, 3.8) is 0 Å². The van der Waals surface area contributed by atoms with Gasteiger partial charge in [-0.1, -0.05) is 31.2 Å². The molecule has 0 radical (unpaired) electrons. The lowest BCUT2D eigenvalue weighted by atomic mass is 9.83. The Hall–Kier alpha value is -1.90. The molecule has 0 unspecified atom stereocenters. The lowest BCUT2D eigenvalue weighted by molar-refractivity contribution is -0.112. The molecule has 1 aromatic carbocycles. The van der Waals surface area contributed by atoms with Crippen LogP contribution in [-0.4, -0.2) is 17.7 Å². The van der Waals surface area contributed by atoms with Crippen molar-refractivity contribution in [2.75, 3.05) is 0 Å². The molecule has 2 aliphatic rings. The fraction of sp³-hybridized carbons (Fsp3) is 0.286. The maximum absolute atomic E-state index is 12.0. The minimum Gasteiger partial charge on any atom is -0.489 e. The predicted octanol–water partition coefficient (Wildman–Crippen LogP) is 2.22. The molecule has 86 valence electrons. The summed E-state index contributed by atoms with van der Waals surface area (Å²) in [6.45, 7) is 3.84. The number of hydrogen-bond donors (Lipinski definition) is 0. The molecule has 0 N–H and O–H groups in total. The van der Waals surface area contributed by atoms with E-state index in [4.69, 9.17) is 4.74 Å². The van der Waals surface area contributed by atoms with Crippen molar-refractivity contribution < 1.29 is 14.3 Å². The van der Waals surface area contributed by atoms with Gasteiger partial charge >= 0.3 is 0 Å². The summed E-state index contributed by atoms with van der Waals surface area (Å²) in [5.74, 6) is -0.237. The van der Waals surface area contributed by atoms with E-state index in [1.54, 1.807) is 12.1 Å². The average molecular weight is 228 g/mol. The molecule has 1 heterocycles.